The van der Waals surface area contributed by atoms with Gasteiger partial charge in [0.1, 0.15) is 5.82 Å². The Kier molecular flexibility index (Phi) is 4.77. The second-order valence-corrected chi connectivity index (χ2v) is 5.62. The summed E-state index contributed by atoms with van der Waals surface area (Å²) < 4.78 is 3.32. The molecule has 0 bridgehead atoms. The normalized spacial score (nSPS) is 12.6. The zero-order valence-electron chi connectivity index (χ0n) is 11.7. The van der Waals surface area contributed by atoms with Gasteiger partial charge in [-0.25, -0.2) is 4.98 Å². The molecule has 19 heavy (non-hydrogen) atoms. The van der Waals surface area contributed by atoms with Gasteiger partial charge in [-0.15, -0.1) is 0 Å². The summed E-state index contributed by atoms with van der Waals surface area (Å²) in [6.45, 7) is 5.32. The SMILES string of the molecule is CCCn1ccnc1C(NC)c1cc(Br)ccc1C. The van der Waals surface area contributed by atoms with Crippen LogP contribution < -0.4 is 5.32 Å². The van der Waals surface area contributed by atoms with Crippen molar-refractivity contribution in [2.24, 2.45) is 0 Å². The maximum atomic E-state index is 4.54. The molecule has 0 aliphatic heterocycles. The average molecular weight is 322 g/mol. The van der Waals surface area contributed by atoms with Crippen LogP contribution in [-0.2, 0) is 6.54 Å². The first-order valence-corrected chi connectivity index (χ1v) is 7.41. The van der Waals surface area contributed by atoms with Crippen molar-refractivity contribution in [2.45, 2.75) is 32.9 Å². The minimum absolute atomic E-state index is 0.124. The molecule has 0 spiro atoms. The first-order chi connectivity index (χ1) is 9.17. The summed E-state index contributed by atoms with van der Waals surface area (Å²) in [6.07, 6.45) is 5.04. The highest BCUT2D eigenvalue weighted by Crippen LogP contribution is 2.26. The van der Waals surface area contributed by atoms with Crippen LogP contribution in [0.15, 0.2) is 35.1 Å². The maximum Gasteiger partial charge on any atom is 0.130 e. The van der Waals surface area contributed by atoms with Gasteiger partial charge in [-0.3, -0.25) is 0 Å². The van der Waals surface area contributed by atoms with Crippen molar-refractivity contribution in [3.05, 3.63) is 52.0 Å². The molecule has 1 heterocycles. The Morgan fingerprint density at radius 2 is 2.21 bits per heavy atom. The average Bonchev–Trinajstić information content (AvgIpc) is 2.83. The molecule has 0 saturated heterocycles. The van der Waals surface area contributed by atoms with Crippen LogP contribution in [0.1, 0.15) is 36.3 Å². The van der Waals surface area contributed by atoms with E-state index >= 15 is 0 Å². The molecule has 0 aliphatic rings. The van der Waals surface area contributed by atoms with E-state index in [1.54, 1.807) is 0 Å². The summed E-state index contributed by atoms with van der Waals surface area (Å²) >= 11 is 3.55. The van der Waals surface area contributed by atoms with Gasteiger partial charge in [-0.1, -0.05) is 28.9 Å². The van der Waals surface area contributed by atoms with E-state index in [4.69, 9.17) is 0 Å². The zero-order valence-corrected chi connectivity index (χ0v) is 13.2. The van der Waals surface area contributed by atoms with Crippen LogP contribution >= 0.6 is 15.9 Å². The number of imidazole rings is 1. The molecular formula is C15H20BrN3. The lowest BCUT2D eigenvalue weighted by molar-refractivity contribution is 0.566. The lowest BCUT2D eigenvalue weighted by Gasteiger charge is -2.20. The Hall–Kier alpha value is -1.13. The minimum Gasteiger partial charge on any atom is -0.333 e. The van der Waals surface area contributed by atoms with Gasteiger partial charge in [0.25, 0.3) is 0 Å². The number of benzene rings is 1. The number of hydrogen-bond acceptors (Lipinski definition) is 2. The van der Waals surface area contributed by atoms with E-state index in [1.807, 2.05) is 13.2 Å². The quantitative estimate of drug-likeness (QED) is 0.910. The van der Waals surface area contributed by atoms with E-state index in [0.717, 1.165) is 23.3 Å². The Balaban J connectivity index is 2.44. The molecule has 2 aromatic rings. The number of aromatic nitrogens is 2. The molecule has 1 N–H and O–H groups in total. The van der Waals surface area contributed by atoms with Crippen LogP contribution in [0.5, 0.6) is 0 Å². The Labute approximate surface area is 123 Å². The van der Waals surface area contributed by atoms with Crippen molar-refractivity contribution in [1.82, 2.24) is 14.9 Å². The summed E-state index contributed by atoms with van der Waals surface area (Å²) in [5, 5.41) is 3.38. The Morgan fingerprint density at radius 3 is 2.89 bits per heavy atom. The number of halogens is 1. The van der Waals surface area contributed by atoms with Crippen molar-refractivity contribution in [1.29, 1.82) is 0 Å². The molecule has 1 aromatic carbocycles. The van der Waals surface area contributed by atoms with E-state index in [9.17, 15) is 0 Å². The highest BCUT2D eigenvalue weighted by molar-refractivity contribution is 9.10. The molecule has 4 heteroatoms. The fourth-order valence-electron chi connectivity index (χ4n) is 2.36. The first-order valence-electron chi connectivity index (χ1n) is 6.61. The van der Waals surface area contributed by atoms with Crippen LogP contribution in [0.25, 0.3) is 0 Å². The van der Waals surface area contributed by atoms with Gasteiger partial charge in [0, 0.05) is 23.4 Å². The summed E-state index contributed by atoms with van der Waals surface area (Å²) in [5.74, 6) is 1.07. The lowest BCUT2D eigenvalue weighted by atomic mass is 10.0. The summed E-state index contributed by atoms with van der Waals surface area (Å²) in [6, 6.07) is 6.50. The van der Waals surface area contributed by atoms with Crippen molar-refractivity contribution >= 4 is 15.9 Å². The topological polar surface area (TPSA) is 29.9 Å². The Morgan fingerprint density at radius 1 is 1.42 bits per heavy atom. The molecule has 0 aliphatic carbocycles. The van der Waals surface area contributed by atoms with E-state index in [1.165, 1.54) is 11.1 Å². The molecule has 1 atom stereocenters. The highest BCUT2D eigenvalue weighted by Gasteiger charge is 2.19. The van der Waals surface area contributed by atoms with Crippen molar-refractivity contribution in [3.63, 3.8) is 0 Å². The van der Waals surface area contributed by atoms with Gasteiger partial charge in [-0.05, 0) is 43.7 Å². The number of nitrogens with zero attached hydrogens (tertiary/aromatic N) is 2. The third-order valence-electron chi connectivity index (χ3n) is 3.31. The van der Waals surface area contributed by atoms with Crippen LogP contribution in [0.3, 0.4) is 0 Å². The van der Waals surface area contributed by atoms with Gasteiger partial charge < -0.3 is 9.88 Å². The number of aryl methyl sites for hydroxylation is 2. The molecule has 0 radical (unpaired) electrons. The molecule has 1 aromatic heterocycles. The summed E-state index contributed by atoms with van der Waals surface area (Å²) in [7, 11) is 1.98. The fourth-order valence-corrected chi connectivity index (χ4v) is 2.74. The van der Waals surface area contributed by atoms with Crippen molar-refractivity contribution in [3.8, 4) is 0 Å². The highest BCUT2D eigenvalue weighted by atomic mass is 79.9. The Bertz CT molecular complexity index is 548. The number of hydrogen-bond donors (Lipinski definition) is 1. The van der Waals surface area contributed by atoms with E-state index in [-0.39, 0.29) is 6.04 Å². The monoisotopic (exact) mass is 321 g/mol. The van der Waals surface area contributed by atoms with E-state index < -0.39 is 0 Å². The zero-order chi connectivity index (χ0) is 13.8. The lowest BCUT2D eigenvalue weighted by Crippen LogP contribution is -2.23. The predicted molar refractivity (Wildman–Crippen MR) is 82.3 cm³/mol. The third-order valence-corrected chi connectivity index (χ3v) is 3.80. The van der Waals surface area contributed by atoms with Crippen LogP contribution in [0.4, 0.5) is 0 Å². The largest absolute Gasteiger partial charge is 0.333 e. The van der Waals surface area contributed by atoms with Crippen LogP contribution in [0, 0.1) is 6.92 Å². The van der Waals surface area contributed by atoms with Gasteiger partial charge >= 0.3 is 0 Å². The van der Waals surface area contributed by atoms with Crippen molar-refractivity contribution < 1.29 is 0 Å². The standard InChI is InChI=1S/C15H20BrN3/c1-4-8-19-9-7-18-15(19)14(17-3)13-10-12(16)6-5-11(13)2/h5-7,9-10,14,17H,4,8H2,1-3H3. The van der Waals surface area contributed by atoms with Crippen molar-refractivity contribution in [2.75, 3.05) is 7.05 Å². The second-order valence-electron chi connectivity index (χ2n) is 4.70. The van der Waals surface area contributed by atoms with Gasteiger partial charge in [0.15, 0.2) is 0 Å². The molecule has 0 amide bonds. The third kappa shape index (κ3) is 3.07. The fraction of sp³-hybridized carbons (Fsp3) is 0.400. The molecular weight excluding hydrogens is 302 g/mol. The van der Waals surface area contributed by atoms with Gasteiger partial charge in [-0.2, -0.15) is 0 Å². The molecule has 0 saturated carbocycles. The van der Waals surface area contributed by atoms with E-state index in [0.29, 0.717) is 0 Å². The van der Waals surface area contributed by atoms with Crippen LogP contribution in [0.2, 0.25) is 0 Å². The molecule has 102 valence electrons. The maximum absolute atomic E-state index is 4.54. The number of nitrogens with one attached hydrogen (secondary N) is 1. The summed E-state index contributed by atoms with van der Waals surface area (Å²) in [5.41, 5.74) is 2.54. The molecule has 0 fully saturated rings. The number of rotatable bonds is 5. The van der Waals surface area contributed by atoms with Crippen LogP contribution in [-0.4, -0.2) is 16.6 Å². The molecule has 2 rings (SSSR count). The summed E-state index contributed by atoms with van der Waals surface area (Å²) in [4.78, 5) is 4.54. The predicted octanol–water partition coefficient (Wildman–Crippen LogP) is 3.67. The molecule has 3 nitrogen and oxygen atoms in total. The molecule has 1 unspecified atom stereocenters. The minimum atomic E-state index is 0.124. The van der Waals surface area contributed by atoms with Gasteiger partial charge in [0.05, 0.1) is 6.04 Å². The smallest absolute Gasteiger partial charge is 0.130 e. The first kappa shape index (κ1) is 14.3. The second kappa shape index (κ2) is 6.35. The van der Waals surface area contributed by atoms with E-state index in [2.05, 4.69) is 69.0 Å². The van der Waals surface area contributed by atoms with Gasteiger partial charge in [0.2, 0.25) is 0 Å².